The second kappa shape index (κ2) is 20.3. The van der Waals surface area contributed by atoms with Gasteiger partial charge in [0, 0.05) is 0 Å². The summed E-state index contributed by atoms with van der Waals surface area (Å²) >= 11 is 5.27. The average molecular weight is 348 g/mol. The van der Waals surface area contributed by atoms with E-state index >= 15 is 0 Å². The minimum atomic E-state index is 0.400. The SMILES string of the molecule is CCCCCCCCCCCCCCCCCN.ClCC1CO1. The molecule has 0 spiro atoms. The lowest BCUT2D eigenvalue weighted by Gasteiger charge is -2.03. The lowest BCUT2D eigenvalue weighted by molar-refractivity contribution is 0.425. The van der Waals surface area contributed by atoms with Gasteiger partial charge in [-0.05, 0) is 13.0 Å². The molecule has 0 aromatic heterocycles. The van der Waals surface area contributed by atoms with Crippen molar-refractivity contribution in [3.63, 3.8) is 0 Å². The molecule has 0 radical (unpaired) electrons. The van der Waals surface area contributed by atoms with Gasteiger partial charge in [0.05, 0.1) is 18.6 Å². The number of hydrogen-bond acceptors (Lipinski definition) is 2. The number of hydrogen-bond donors (Lipinski definition) is 1. The molecular weight excluding hydrogens is 306 g/mol. The molecule has 0 amide bonds. The van der Waals surface area contributed by atoms with Gasteiger partial charge in [-0.3, -0.25) is 0 Å². The molecule has 140 valence electrons. The van der Waals surface area contributed by atoms with E-state index in [1.807, 2.05) is 0 Å². The van der Waals surface area contributed by atoms with Crippen LogP contribution in [0.4, 0.5) is 0 Å². The summed E-state index contributed by atoms with van der Waals surface area (Å²) in [5.41, 5.74) is 5.48. The van der Waals surface area contributed by atoms with Crippen LogP contribution in [-0.2, 0) is 4.74 Å². The third kappa shape index (κ3) is 22.2. The monoisotopic (exact) mass is 347 g/mol. The summed E-state index contributed by atoms with van der Waals surface area (Å²) in [6.07, 6.45) is 21.8. The van der Waals surface area contributed by atoms with Crippen LogP contribution in [0.25, 0.3) is 0 Å². The van der Waals surface area contributed by atoms with E-state index in [0.717, 1.165) is 13.2 Å². The number of halogens is 1. The highest BCUT2D eigenvalue weighted by Gasteiger charge is 2.19. The van der Waals surface area contributed by atoms with Crippen molar-refractivity contribution < 1.29 is 4.74 Å². The Kier molecular flexibility index (Phi) is 20.4. The summed E-state index contributed by atoms with van der Waals surface area (Å²) < 4.78 is 4.73. The van der Waals surface area contributed by atoms with E-state index in [9.17, 15) is 0 Å². The average Bonchev–Trinajstić information content (AvgIpc) is 3.40. The first-order chi connectivity index (χ1) is 11.3. The molecule has 1 aliphatic heterocycles. The smallest absolute Gasteiger partial charge is 0.0944 e. The van der Waals surface area contributed by atoms with Crippen molar-refractivity contribution in [2.24, 2.45) is 5.73 Å². The molecule has 1 saturated heterocycles. The van der Waals surface area contributed by atoms with E-state index in [2.05, 4.69) is 6.92 Å². The molecule has 3 heteroatoms. The maximum atomic E-state index is 5.48. The molecule has 1 heterocycles. The van der Waals surface area contributed by atoms with Crippen molar-refractivity contribution in [3.05, 3.63) is 0 Å². The first kappa shape index (κ1) is 23.2. The zero-order chi connectivity index (χ0) is 17.0. The highest BCUT2D eigenvalue weighted by molar-refractivity contribution is 6.18. The highest BCUT2D eigenvalue weighted by Crippen LogP contribution is 2.13. The molecule has 1 atom stereocenters. The van der Waals surface area contributed by atoms with Crippen molar-refractivity contribution in [1.29, 1.82) is 0 Å². The summed E-state index contributed by atoms with van der Waals surface area (Å²) in [6.45, 7) is 4.04. The molecule has 0 bridgehead atoms. The molecule has 2 N–H and O–H groups in total. The van der Waals surface area contributed by atoms with Crippen LogP contribution in [0.2, 0.25) is 0 Å². The number of rotatable bonds is 16. The maximum Gasteiger partial charge on any atom is 0.0944 e. The van der Waals surface area contributed by atoms with E-state index in [4.69, 9.17) is 22.1 Å². The van der Waals surface area contributed by atoms with Gasteiger partial charge in [-0.25, -0.2) is 0 Å². The molecule has 0 aromatic rings. The third-order valence-corrected chi connectivity index (χ3v) is 4.73. The van der Waals surface area contributed by atoms with Gasteiger partial charge in [0.15, 0.2) is 0 Å². The summed E-state index contributed by atoms with van der Waals surface area (Å²) in [4.78, 5) is 0. The van der Waals surface area contributed by atoms with Crippen molar-refractivity contribution in [1.82, 2.24) is 0 Å². The molecule has 0 aromatic carbocycles. The predicted octanol–water partition coefficient (Wildman–Crippen LogP) is 6.44. The van der Waals surface area contributed by atoms with Gasteiger partial charge in [-0.1, -0.05) is 96.8 Å². The van der Waals surface area contributed by atoms with Crippen LogP contribution < -0.4 is 5.73 Å². The molecule has 23 heavy (non-hydrogen) atoms. The minimum Gasteiger partial charge on any atom is -0.372 e. The Bertz CT molecular complexity index is 194. The summed E-state index contributed by atoms with van der Waals surface area (Å²) in [7, 11) is 0. The first-order valence-corrected chi connectivity index (χ1v) is 10.8. The standard InChI is InChI=1S/C17H37N.C3H5ClO/c1-2-3-4-5-6-7-8-9-10-11-12-13-14-15-16-17-18;4-1-3-2-5-3/h2-18H2,1H3;3H,1-2H2. The Morgan fingerprint density at radius 3 is 1.30 bits per heavy atom. The molecule has 1 unspecified atom stereocenters. The Hall–Kier alpha value is 0.210. The Balaban J connectivity index is 0.000000809. The largest absolute Gasteiger partial charge is 0.372 e. The van der Waals surface area contributed by atoms with Crippen molar-refractivity contribution in [2.75, 3.05) is 19.0 Å². The zero-order valence-electron chi connectivity index (χ0n) is 15.7. The van der Waals surface area contributed by atoms with Gasteiger partial charge < -0.3 is 10.5 Å². The Morgan fingerprint density at radius 2 is 1.09 bits per heavy atom. The van der Waals surface area contributed by atoms with Crippen LogP contribution >= 0.6 is 11.6 Å². The fourth-order valence-electron chi connectivity index (χ4n) is 2.67. The van der Waals surface area contributed by atoms with Gasteiger partial charge in [-0.15, -0.1) is 11.6 Å². The van der Waals surface area contributed by atoms with E-state index in [-0.39, 0.29) is 0 Å². The normalized spacial score (nSPS) is 16.0. The van der Waals surface area contributed by atoms with Crippen molar-refractivity contribution in [2.45, 2.75) is 109 Å². The molecule has 1 aliphatic rings. The summed E-state index contributed by atoms with van der Waals surface area (Å²) in [6, 6.07) is 0. The molecular formula is C20H42ClNO. The highest BCUT2D eigenvalue weighted by atomic mass is 35.5. The number of epoxide rings is 1. The number of ether oxygens (including phenoxy) is 1. The first-order valence-electron chi connectivity index (χ1n) is 10.2. The Labute approximate surface area is 150 Å². The fourth-order valence-corrected chi connectivity index (χ4v) is 2.85. The molecule has 0 saturated carbocycles. The van der Waals surface area contributed by atoms with Crippen LogP contribution in [0.15, 0.2) is 0 Å². The maximum absolute atomic E-state index is 5.48. The van der Waals surface area contributed by atoms with Crippen LogP contribution in [0.3, 0.4) is 0 Å². The van der Waals surface area contributed by atoms with E-state index < -0.39 is 0 Å². The molecule has 1 fully saturated rings. The number of nitrogens with two attached hydrogens (primary N) is 1. The summed E-state index contributed by atoms with van der Waals surface area (Å²) in [5.74, 6) is 0.667. The topological polar surface area (TPSA) is 38.5 Å². The van der Waals surface area contributed by atoms with E-state index in [1.54, 1.807) is 0 Å². The van der Waals surface area contributed by atoms with Crippen LogP contribution in [0.1, 0.15) is 103 Å². The van der Waals surface area contributed by atoms with Gasteiger partial charge >= 0.3 is 0 Å². The number of unbranched alkanes of at least 4 members (excludes halogenated alkanes) is 14. The van der Waals surface area contributed by atoms with Gasteiger partial charge in [0.25, 0.3) is 0 Å². The van der Waals surface area contributed by atoms with Crippen molar-refractivity contribution >= 4 is 11.6 Å². The molecule has 1 rings (SSSR count). The third-order valence-electron chi connectivity index (χ3n) is 4.38. The second-order valence-corrected chi connectivity index (χ2v) is 7.16. The lowest BCUT2D eigenvalue weighted by atomic mass is 10.0. The van der Waals surface area contributed by atoms with Crippen LogP contribution in [0.5, 0.6) is 0 Å². The van der Waals surface area contributed by atoms with Gasteiger partial charge in [0.2, 0.25) is 0 Å². The number of alkyl halides is 1. The second-order valence-electron chi connectivity index (χ2n) is 6.85. The van der Waals surface area contributed by atoms with E-state index in [0.29, 0.717) is 12.0 Å². The van der Waals surface area contributed by atoms with E-state index in [1.165, 1.54) is 96.3 Å². The van der Waals surface area contributed by atoms with Crippen LogP contribution in [0, 0.1) is 0 Å². The molecule has 2 nitrogen and oxygen atoms in total. The fraction of sp³-hybridized carbons (Fsp3) is 1.00. The zero-order valence-corrected chi connectivity index (χ0v) is 16.4. The predicted molar refractivity (Wildman–Crippen MR) is 104 cm³/mol. The van der Waals surface area contributed by atoms with Crippen LogP contribution in [-0.4, -0.2) is 25.1 Å². The summed E-state index contributed by atoms with van der Waals surface area (Å²) in [5, 5.41) is 0. The minimum absolute atomic E-state index is 0.400. The Morgan fingerprint density at radius 1 is 0.739 bits per heavy atom. The molecule has 0 aliphatic carbocycles. The lowest BCUT2D eigenvalue weighted by Crippen LogP contribution is -1.97. The van der Waals surface area contributed by atoms with Gasteiger partial charge in [0.1, 0.15) is 0 Å². The quantitative estimate of drug-likeness (QED) is 0.198. The van der Waals surface area contributed by atoms with Crippen molar-refractivity contribution in [3.8, 4) is 0 Å². The van der Waals surface area contributed by atoms with Gasteiger partial charge in [-0.2, -0.15) is 0 Å².